The van der Waals surface area contributed by atoms with E-state index in [9.17, 15) is 4.79 Å². The largest absolute Gasteiger partial charge is 0.378 e. The predicted molar refractivity (Wildman–Crippen MR) is 98.9 cm³/mol. The van der Waals surface area contributed by atoms with Gasteiger partial charge in [-0.3, -0.25) is 4.79 Å². The monoisotopic (exact) mass is 332 g/mol. The average Bonchev–Trinajstić information content (AvgIpc) is 2.59. The summed E-state index contributed by atoms with van der Waals surface area (Å²) in [4.78, 5) is 11.7. The summed E-state index contributed by atoms with van der Waals surface area (Å²) in [6.07, 6.45) is 14.6. The summed E-state index contributed by atoms with van der Waals surface area (Å²) in [6, 6.07) is 0. The van der Waals surface area contributed by atoms with Crippen LogP contribution in [0.2, 0.25) is 0 Å². The van der Waals surface area contributed by atoms with Gasteiger partial charge in [0.2, 0.25) is 0 Å². The Morgan fingerprint density at radius 3 is 2.75 bits per heavy atom. The number of ketones is 1. The predicted octanol–water partition coefficient (Wildman–Crippen LogP) is 5.56. The average molecular weight is 333 g/mol. The van der Waals surface area contributed by atoms with Gasteiger partial charge >= 0.3 is 0 Å². The van der Waals surface area contributed by atoms with Crippen molar-refractivity contribution in [2.45, 2.75) is 84.2 Å². The molecule has 0 aromatic carbocycles. The number of fused-ring (bicyclic) bond motifs is 3. The fourth-order valence-electron chi connectivity index (χ4n) is 6.58. The van der Waals surface area contributed by atoms with Crippen LogP contribution in [0.25, 0.3) is 0 Å². The van der Waals surface area contributed by atoms with Crippen molar-refractivity contribution < 1.29 is 9.53 Å². The molecule has 0 saturated heterocycles. The zero-order chi connectivity index (χ0) is 17.2. The van der Waals surface area contributed by atoms with Crippen LogP contribution in [-0.2, 0) is 9.53 Å². The van der Waals surface area contributed by atoms with Gasteiger partial charge in [0, 0.05) is 13.0 Å². The van der Waals surface area contributed by atoms with Gasteiger partial charge in [-0.2, -0.15) is 0 Å². The molecule has 0 heterocycles. The molecule has 0 aromatic rings. The highest BCUT2D eigenvalue weighted by molar-refractivity contribution is 5.88. The van der Waals surface area contributed by atoms with Gasteiger partial charge in [0.15, 0.2) is 5.78 Å². The molecule has 0 radical (unpaired) electrons. The Bertz CT molecular complexity index is 457. The maximum atomic E-state index is 11.7. The lowest BCUT2D eigenvalue weighted by atomic mass is 9.47. The van der Waals surface area contributed by atoms with Crippen LogP contribution in [0.5, 0.6) is 0 Å². The Balaban J connectivity index is 1.71. The molecule has 3 aliphatic rings. The molecule has 0 aliphatic heterocycles. The molecule has 136 valence electrons. The number of hydrogen-bond donors (Lipinski definition) is 0. The van der Waals surface area contributed by atoms with E-state index in [1.165, 1.54) is 57.4 Å². The van der Waals surface area contributed by atoms with E-state index in [1.807, 2.05) is 0 Å². The first-order valence-corrected chi connectivity index (χ1v) is 10.3. The van der Waals surface area contributed by atoms with E-state index in [2.05, 4.69) is 20.4 Å². The van der Waals surface area contributed by atoms with Gasteiger partial charge in [-0.25, -0.2) is 0 Å². The van der Waals surface area contributed by atoms with Gasteiger partial charge in [-0.05, 0) is 87.0 Å². The molecule has 3 rings (SSSR count). The van der Waals surface area contributed by atoms with Crippen LogP contribution in [-0.4, -0.2) is 18.5 Å². The third kappa shape index (κ3) is 3.49. The van der Waals surface area contributed by atoms with Crippen LogP contribution in [0, 0.1) is 29.1 Å². The van der Waals surface area contributed by atoms with Gasteiger partial charge in [0.1, 0.15) is 0 Å². The Morgan fingerprint density at radius 2 is 2.00 bits per heavy atom. The summed E-state index contributed by atoms with van der Waals surface area (Å²) in [7, 11) is 0. The fraction of sp³-hybridized carbons (Fsp3) is 0.864. The number of hydrogen-bond acceptors (Lipinski definition) is 2. The summed E-state index contributed by atoms with van der Waals surface area (Å²) in [6.45, 7) is 9.20. The second-order valence-corrected chi connectivity index (χ2v) is 8.81. The molecule has 24 heavy (non-hydrogen) atoms. The van der Waals surface area contributed by atoms with Crippen LogP contribution in [0.3, 0.4) is 0 Å². The highest BCUT2D eigenvalue weighted by atomic mass is 16.5. The fourth-order valence-corrected chi connectivity index (χ4v) is 6.58. The maximum Gasteiger partial charge on any atom is 0.155 e. The first-order chi connectivity index (χ1) is 11.6. The maximum absolute atomic E-state index is 11.7. The van der Waals surface area contributed by atoms with E-state index in [-0.39, 0.29) is 5.78 Å². The summed E-state index contributed by atoms with van der Waals surface area (Å²) >= 11 is 0. The first kappa shape index (κ1) is 18.2. The Hall–Kier alpha value is -0.630. The van der Waals surface area contributed by atoms with Crippen molar-refractivity contribution in [3.8, 4) is 0 Å². The third-order valence-corrected chi connectivity index (χ3v) is 7.74. The molecule has 3 aliphatic carbocycles. The minimum atomic E-state index is 0.228. The molecule has 2 nitrogen and oxygen atoms in total. The van der Waals surface area contributed by atoms with E-state index >= 15 is 0 Å². The van der Waals surface area contributed by atoms with Crippen molar-refractivity contribution in [1.29, 1.82) is 0 Å². The zero-order valence-corrected chi connectivity index (χ0v) is 15.8. The van der Waals surface area contributed by atoms with Crippen molar-refractivity contribution in [3.05, 3.63) is 12.7 Å². The van der Waals surface area contributed by atoms with Crippen LogP contribution < -0.4 is 0 Å². The molecule has 6 atom stereocenters. The number of ether oxygens (including phenoxy) is 1. The van der Waals surface area contributed by atoms with E-state index < -0.39 is 0 Å². The van der Waals surface area contributed by atoms with Gasteiger partial charge in [-0.15, -0.1) is 0 Å². The number of carbonyl (C=O) groups excluding carboxylic acids is 1. The van der Waals surface area contributed by atoms with Gasteiger partial charge in [0.05, 0.1) is 6.10 Å². The molecule has 0 spiro atoms. The van der Waals surface area contributed by atoms with Crippen LogP contribution in [0.4, 0.5) is 0 Å². The molecule has 0 bridgehead atoms. The van der Waals surface area contributed by atoms with Crippen molar-refractivity contribution in [2.75, 3.05) is 6.61 Å². The van der Waals surface area contributed by atoms with Crippen LogP contribution >= 0.6 is 0 Å². The lowest BCUT2D eigenvalue weighted by Gasteiger charge is -2.58. The molecule has 0 N–H and O–H groups in total. The summed E-state index contributed by atoms with van der Waals surface area (Å²) in [5.41, 5.74) is 0.474. The van der Waals surface area contributed by atoms with Crippen molar-refractivity contribution in [3.63, 3.8) is 0 Å². The normalized spacial score (nSPS) is 42.0. The minimum Gasteiger partial charge on any atom is -0.378 e. The Morgan fingerprint density at radius 1 is 1.21 bits per heavy atom. The molecule has 3 saturated carbocycles. The van der Waals surface area contributed by atoms with Crippen molar-refractivity contribution in [1.82, 2.24) is 0 Å². The minimum absolute atomic E-state index is 0.228. The lowest BCUT2D eigenvalue weighted by molar-refractivity contribution is -0.121. The highest BCUT2D eigenvalue weighted by Crippen LogP contribution is 2.60. The van der Waals surface area contributed by atoms with E-state index in [1.54, 1.807) is 0 Å². The van der Waals surface area contributed by atoms with Gasteiger partial charge in [-0.1, -0.05) is 26.3 Å². The summed E-state index contributed by atoms with van der Waals surface area (Å²) < 4.78 is 6.04. The number of carbonyl (C=O) groups is 1. The van der Waals surface area contributed by atoms with E-state index in [0.717, 1.165) is 36.7 Å². The molecule has 2 heteroatoms. The number of allylic oxidation sites excluding steroid dienone is 1. The molecular weight excluding hydrogens is 296 g/mol. The second-order valence-electron chi connectivity index (χ2n) is 8.81. The highest BCUT2D eigenvalue weighted by Gasteiger charge is 2.53. The zero-order valence-electron chi connectivity index (χ0n) is 15.8. The third-order valence-electron chi connectivity index (χ3n) is 7.74. The van der Waals surface area contributed by atoms with E-state index in [4.69, 9.17) is 4.74 Å². The molecule has 0 unspecified atom stereocenters. The first-order valence-electron chi connectivity index (χ1n) is 10.3. The molecule has 0 aromatic heterocycles. The molecule has 3 fully saturated rings. The Labute approximate surface area is 148 Å². The summed E-state index contributed by atoms with van der Waals surface area (Å²) in [5, 5.41) is 0. The molecule has 0 amide bonds. The van der Waals surface area contributed by atoms with Crippen molar-refractivity contribution in [2.24, 2.45) is 29.1 Å². The SMILES string of the molecule is C=CC(=O)CC[C@@H]1CCC[C@H]2[C@H]1CC[C@H]1CC[C@@H](OCC)C[C@@]12C. The van der Waals surface area contributed by atoms with Gasteiger partial charge < -0.3 is 4.74 Å². The second kappa shape index (κ2) is 7.72. The topological polar surface area (TPSA) is 26.3 Å². The number of rotatable bonds is 6. The molecular formula is C22H36O2. The lowest BCUT2D eigenvalue weighted by Crippen LogP contribution is -2.51. The van der Waals surface area contributed by atoms with Crippen LogP contribution in [0.1, 0.15) is 78.1 Å². The van der Waals surface area contributed by atoms with Gasteiger partial charge in [0.25, 0.3) is 0 Å². The van der Waals surface area contributed by atoms with Crippen LogP contribution in [0.15, 0.2) is 12.7 Å². The summed E-state index contributed by atoms with van der Waals surface area (Å²) in [5.74, 6) is 3.60. The standard InChI is InChI=1S/C22H36O2/c1-4-18(23)12-9-16-7-6-8-21-20(16)14-11-17-10-13-19(24-5-2)15-22(17,21)3/h4,16-17,19-21H,1,5-15H2,2-3H3/t16-,17+,19+,20-,21-,22-/m0/s1. The van der Waals surface area contributed by atoms with Crippen molar-refractivity contribution >= 4 is 5.78 Å². The Kier molecular flexibility index (Phi) is 5.85. The smallest absolute Gasteiger partial charge is 0.155 e. The quantitative estimate of drug-likeness (QED) is 0.595. The van der Waals surface area contributed by atoms with E-state index in [0.29, 0.717) is 17.9 Å².